The van der Waals surface area contributed by atoms with Crippen molar-refractivity contribution >= 4 is 24.0 Å². The van der Waals surface area contributed by atoms with Gasteiger partial charge in [0.25, 0.3) is 11.8 Å². The molecule has 0 fully saturated rings. The molecule has 2 N–H and O–H groups in total. The van der Waals surface area contributed by atoms with Crippen LogP contribution in [0.15, 0.2) is 84.0 Å². The summed E-state index contributed by atoms with van der Waals surface area (Å²) >= 11 is 0. The molecule has 0 aliphatic rings. The molecule has 0 aliphatic heterocycles. The van der Waals surface area contributed by atoms with Crippen LogP contribution in [0.1, 0.15) is 26.3 Å². The first-order valence-corrected chi connectivity index (χ1v) is 9.24. The van der Waals surface area contributed by atoms with Gasteiger partial charge in [-0.15, -0.1) is 0 Å². The average Bonchev–Trinajstić information content (AvgIpc) is 2.79. The van der Waals surface area contributed by atoms with Crippen molar-refractivity contribution in [2.24, 2.45) is 5.10 Å². The predicted octanol–water partition coefficient (Wildman–Crippen LogP) is 2.93. The fourth-order valence-corrected chi connectivity index (χ4v) is 2.47. The third-order valence-corrected chi connectivity index (χ3v) is 4.00. The first-order chi connectivity index (χ1) is 15.0. The molecular weight excluding hydrogens is 401 g/mol. The number of nitrogens with zero attached hydrogens (tertiary/aromatic N) is 1. The van der Waals surface area contributed by atoms with E-state index in [1.165, 1.54) is 24.4 Å². The van der Waals surface area contributed by atoms with Crippen LogP contribution in [-0.2, 0) is 4.79 Å². The lowest BCUT2D eigenvalue weighted by Crippen LogP contribution is -2.34. The summed E-state index contributed by atoms with van der Waals surface area (Å²) in [4.78, 5) is 35.7. The molecule has 3 aromatic rings. The number of halogens is 1. The maximum atomic E-state index is 13.1. The maximum Gasteiger partial charge on any atom is 0.343 e. The third kappa shape index (κ3) is 6.60. The van der Waals surface area contributed by atoms with E-state index in [4.69, 9.17) is 4.74 Å². The summed E-state index contributed by atoms with van der Waals surface area (Å²) in [7, 11) is 0. The van der Waals surface area contributed by atoms with Gasteiger partial charge in [0.2, 0.25) is 0 Å². The van der Waals surface area contributed by atoms with Crippen molar-refractivity contribution in [1.82, 2.24) is 10.7 Å². The third-order valence-electron chi connectivity index (χ3n) is 4.00. The van der Waals surface area contributed by atoms with Gasteiger partial charge in [-0.2, -0.15) is 5.10 Å². The number of ether oxygens (including phenoxy) is 1. The largest absolute Gasteiger partial charge is 0.423 e. The SMILES string of the molecule is O=C(CNC(=O)c1cccc(F)c1)N/N=C/c1ccc(OC(=O)c2ccccc2)cc1. The van der Waals surface area contributed by atoms with Crippen LogP contribution in [0.5, 0.6) is 5.75 Å². The van der Waals surface area contributed by atoms with Crippen molar-refractivity contribution in [2.75, 3.05) is 6.54 Å². The summed E-state index contributed by atoms with van der Waals surface area (Å²) in [6, 6.07) is 20.3. The quantitative estimate of drug-likeness (QED) is 0.266. The molecule has 3 rings (SSSR count). The van der Waals surface area contributed by atoms with Crippen LogP contribution in [-0.4, -0.2) is 30.5 Å². The summed E-state index contributed by atoms with van der Waals surface area (Å²) in [6.07, 6.45) is 1.40. The Morgan fingerprint density at radius 3 is 2.32 bits per heavy atom. The predicted molar refractivity (Wildman–Crippen MR) is 112 cm³/mol. The van der Waals surface area contributed by atoms with Crippen LogP contribution in [0.2, 0.25) is 0 Å². The topological polar surface area (TPSA) is 96.9 Å². The van der Waals surface area contributed by atoms with Crippen molar-refractivity contribution < 1.29 is 23.5 Å². The highest BCUT2D eigenvalue weighted by atomic mass is 19.1. The zero-order chi connectivity index (χ0) is 22.1. The summed E-state index contributed by atoms with van der Waals surface area (Å²) < 4.78 is 18.4. The van der Waals surface area contributed by atoms with E-state index in [1.54, 1.807) is 48.5 Å². The van der Waals surface area contributed by atoms with Crippen LogP contribution < -0.4 is 15.5 Å². The summed E-state index contributed by atoms with van der Waals surface area (Å²) in [5.74, 6) is -1.75. The van der Waals surface area contributed by atoms with Crippen molar-refractivity contribution in [2.45, 2.75) is 0 Å². The monoisotopic (exact) mass is 419 g/mol. The molecule has 0 atom stereocenters. The molecule has 0 radical (unpaired) electrons. The molecule has 3 aromatic carbocycles. The molecule has 0 aliphatic carbocycles. The van der Waals surface area contributed by atoms with Crippen LogP contribution >= 0.6 is 0 Å². The van der Waals surface area contributed by atoms with Gasteiger partial charge in [0.1, 0.15) is 11.6 Å². The number of hydrogen-bond donors (Lipinski definition) is 2. The van der Waals surface area contributed by atoms with Gasteiger partial charge in [0, 0.05) is 5.56 Å². The number of hydrogen-bond acceptors (Lipinski definition) is 5. The fraction of sp³-hybridized carbons (Fsp3) is 0.0435. The van der Waals surface area contributed by atoms with E-state index in [0.717, 1.165) is 6.07 Å². The van der Waals surface area contributed by atoms with Gasteiger partial charge in [0.05, 0.1) is 18.3 Å². The number of carbonyl (C=O) groups is 3. The molecule has 7 nitrogen and oxygen atoms in total. The van der Waals surface area contributed by atoms with Crippen LogP contribution in [0.4, 0.5) is 4.39 Å². The molecule has 0 unspecified atom stereocenters. The highest BCUT2D eigenvalue weighted by Gasteiger charge is 2.09. The lowest BCUT2D eigenvalue weighted by atomic mass is 10.2. The minimum Gasteiger partial charge on any atom is -0.423 e. The second-order valence-electron chi connectivity index (χ2n) is 6.31. The minimum absolute atomic E-state index is 0.115. The van der Waals surface area contributed by atoms with Gasteiger partial charge in [-0.25, -0.2) is 14.6 Å². The zero-order valence-electron chi connectivity index (χ0n) is 16.2. The Morgan fingerprint density at radius 1 is 0.903 bits per heavy atom. The molecule has 0 heterocycles. The molecule has 0 bridgehead atoms. The van der Waals surface area contributed by atoms with Gasteiger partial charge in [-0.05, 0) is 60.2 Å². The van der Waals surface area contributed by atoms with E-state index in [1.807, 2.05) is 6.07 Å². The summed E-state index contributed by atoms with van der Waals surface area (Å²) in [5, 5.41) is 6.17. The van der Waals surface area contributed by atoms with Gasteiger partial charge in [-0.1, -0.05) is 24.3 Å². The van der Waals surface area contributed by atoms with Crippen molar-refractivity contribution in [3.63, 3.8) is 0 Å². The number of hydrazone groups is 1. The van der Waals surface area contributed by atoms with Gasteiger partial charge in [0.15, 0.2) is 0 Å². The summed E-state index contributed by atoms with van der Waals surface area (Å²) in [6.45, 7) is -0.318. The molecule has 0 saturated heterocycles. The maximum absolute atomic E-state index is 13.1. The lowest BCUT2D eigenvalue weighted by Gasteiger charge is -2.05. The van der Waals surface area contributed by atoms with E-state index in [2.05, 4.69) is 15.8 Å². The van der Waals surface area contributed by atoms with Crippen LogP contribution in [0.25, 0.3) is 0 Å². The fourth-order valence-electron chi connectivity index (χ4n) is 2.47. The molecule has 2 amide bonds. The highest BCUT2D eigenvalue weighted by molar-refractivity contribution is 5.96. The van der Waals surface area contributed by atoms with Crippen LogP contribution in [0, 0.1) is 5.82 Å². The standard InChI is InChI=1S/C23H18FN3O4/c24-19-8-4-7-18(13-19)22(29)25-15-21(28)27-26-14-16-9-11-20(12-10-16)31-23(30)17-5-2-1-3-6-17/h1-14H,15H2,(H,25,29)(H,27,28)/b26-14+. The van der Waals surface area contributed by atoms with Gasteiger partial charge < -0.3 is 10.1 Å². The van der Waals surface area contributed by atoms with E-state index in [9.17, 15) is 18.8 Å². The number of benzene rings is 3. The Bertz CT molecular complexity index is 1100. The number of carbonyl (C=O) groups excluding carboxylic acids is 3. The molecule has 8 heteroatoms. The number of amides is 2. The van der Waals surface area contributed by atoms with Crippen molar-refractivity contribution in [3.05, 3.63) is 101 Å². The van der Waals surface area contributed by atoms with Gasteiger partial charge >= 0.3 is 5.97 Å². The molecule has 0 spiro atoms. The Balaban J connectivity index is 1.44. The second-order valence-corrected chi connectivity index (χ2v) is 6.31. The molecule has 0 saturated carbocycles. The van der Waals surface area contributed by atoms with E-state index >= 15 is 0 Å². The Hall–Kier alpha value is -4.33. The lowest BCUT2D eigenvalue weighted by molar-refractivity contribution is -0.120. The Kier molecular flexibility index (Phi) is 7.21. The Labute approximate surface area is 177 Å². The zero-order valence-corrected chi connectivity index (χ0v) is 16.2. The number of rotatable bonds is 7. The van der Waals surface area contributed by atoms with Crippen molar-refractivity contribution in [3.8, 4) is 5.75 Å². The van der Waals surface area contributed by atoms with Gasteiger partial charge in [-0.3, -0.25) is 9.59 Å². The Morgan fingerprint density at radius 2 is 1.61 bits per heavy atom. The summed E-state index contributed by atoms with van der Waals surface area (Å²) in [5.41, 5.74) is 3.49. The minimum atomic E-state index is -0.570. The first-order valence-electron chi connectivity index (χ1n) is 9.24. The number of nitrogens with one attached hydrogen (secondary N) is 2. The molecule has 31 heavy (non-hydrogen) atoms. The average molecular weight is 419 g/mol. The normalized spacial score (nSPS) is 10.5. The van der Waals surface area contributed by atoms with Crippen molar-refractivity contribution in [1.29, 1.82) is 0 Å². The van der Waals surface area contributed by atoms with Crippen LogP contribution in [0.3, 0.4) is 0 Å². The van der Waals surface area contributed by atoms with E-state index in [-0.39, 0.29) is 12.1 Å². The van der Waals surface area contributed by atoms with E-state index < -0.39 is 23.6 Å². The smallest absolute Gasteiger partial charge is 0.343 e. The second kappa shape index (κ2) is 10.4. The first kappa shape index (κ1) is 21.4. The molecule has 0 aromatic heterocycles. The molecule has 156 valence electrons. The number of esters is 1. The molecular formula is C23H18FN3O4. The van der Waals surface area contributed by atoms with E-state index in [0.29, 0.717) is 16.9 Å². The highest BCUT2D eigenvalue weighted by Crippen LogP contribution is 2.13.